The van der Waals surface area contributed by atoms with Crippen molar-refractivity contribution in [3.8, 4) is 11.5 Å². The molecule has 1 saturated heterocycles. The fourth-order valence-electron chi connectivity index (χ4n) is 2.61. The summed E-state index contributed by atoms with van der Waals surface area (Å²) in [5, 5.41) is 9.07. The molecular formula is C16H18ClN3O2S. The molecule has 1 atom stereocenters. The molecule has 0 bridgehead atoms. The van der Waals surface area contributed by atoms with Gasteiger partial charge in [-0.25, -0.2) is 0 Å². The molecule has 7 heteroatoms. The molecule has 5 nitrogen and oxygen atoms in total. The van der Waals surface area contributed by atoms with Gasteiger partial charge in [-0.2, -0.15) is 0 Å². The maximum absolute atomic E-state index is 12.2. The summed E-state index contributed by atoms with van der Waals surface area (Å²) in [4.78, 5) is 14.2. The van der Waals surface area contributed by atoms with Crippen molar-refractivity contribution >= 4 is 29.3 Å². The molecule has 1 aliphatic heterocycles. The lowest BCUT2D eigenvalue weighted by Crippen LogP contribution is -2.40. The SMILES string of the molecule is C[C@@H]1CCCN(C(=O)CSc2nnc(-c3ccc(Cl)cc3)o2)C1. The summed E-state index contributed by atoms with van der Waals surface area (Å²) >= 11 is 7.14. The van der Waals surface area contributed by atoms with Crippen LogP contribution in [0.1, 0.15) is 19.8 Å². The molecule has 0 radical (unpaired) electrons. The van der Waals surface area contributed by atoms with Gasteiger partial charge in [-0.3, -0.25) is 4.79 Å². The minimum absolute atomic E-state index is 0.132. The van der Waals surface area contributed by atoms with E-state index in [1.54, 1.807) is 12.1 Å². The quantitative estimate of drug-likeness (QED) is 0.785. The Morgan fingerprint density at radius 2 is 2.17 bits per heavy atom. The third kappa shape index (κ3) is 4.26. The number of thioether (sulfide) groups is 1. The van der Waals surface area contributed by atoms with E-state index in [9.17, 15) is 4.79 Å². The molecular weight excluding hydrogens is 334 g/mol. The highest BCUT2D eigenvalue weighted by Gasteiger charge is 2.21. The van der Waals surface area contributed by atoms with Crippen LogP contribution in [-0.2, 0) is 4.79 Å². The number of likely N-dealkylation sites (tertiary alicyclic amines) is 1. The zero-order valence-corrected chi connectivity index (χ0v) is 14.4. The summed E-state index contributed by atoms with van der Waals surface area (Å²) in [6.07, 6.45) is 2.28. The molecule has 2 aromatic rings. The highest BCUT2D eigenvalue weighted by atomic mass is 35.5. The van der Waals surface area contributed by atoms with Gasteiger partial charge in [0.1, 0.15) is 0 Å². The third-order valence-corrected chi connectivity index (χ3v) is 4.88. The number of nitrogens with zero attached hydrogens (tertiary/aromatic N) is 3. The second kappa shape index (κ2) is 7.36. The number of carbonyl (C=O) groups is 1. The van der Waals surface area contributed by atoms with Gasteiger partial charge in [0.05, 0.1) is 5.75 Å². The standard InChI is InChI=1S/C16H18ClN3O2S/c1-11-3-2-8-20(9-11)14(21)10-23-16-19-18-15(22-16)12-4-6-13(17)7-5-12/h4-7,11H,2-3,8-10H2,1H3/t11-/m1/s1. The Hall–Kier alpha value is -1.53. The predicted octanol–water partition coefficient (Wildman–Crippen LogP) is 3.74. The van der Waals surface area contributed by atoms with Crippen LogP contribution in [0.15, 0.2) is 33.9 Å². The first-order chi connectivity index (χ1) is 11.1. The minimum Gasteiger partial charge on any atom is -0.411 e. The number of halogens is 1. The van der Waals surface area contributed by atoms with Crippen molar-refractivity contribution in [1.82, 2.24) is 15.1 Å². The summed E-state index contributed by atoms with van der Waals surface area (Å²) in [7, 11) is 0. The van der Waals surface area contributed by atoms with Crippen LogP contribution in [0.25, 0.3) is 11.5 Å². The van der Waals surface area contributed by atoms with Gasteiger partial charge in [0.25, 0.3) is 5.22 Å². The molecule has 3 rings (SSSR count). The number of hydrogen-bond acceptors (Lipinski definition) is 5. The molecule has 1 amide bonds. The van der Waals surface area contributed by atoms with Gasteiger partial charge >= 0.3 is 0 Å². The lowest BCUT2D eigenvalue weighted by Gasteiger charge is -2.30. The fourth-order valence-corrected chi connectivity index (χ4v) is 3.40. The van der Waals surface area contributed by atoms with E-state index in [-0.39, 0.29) is 5.91 Å². The van der Waals surface area contributed by atoms with Crippen LogP contribution in [0.4, 0.5) is 0 Å². The van der Waals surface area contributed by atoms with E-state index < -0.39 is 0 Å². The van der Waals surface area contributed by atoms with E-state index in [0.29, 0.717) is 27.8 Å². The zero-order valence-electron chi connectivity index (χ0n) is 12.9. The highest BCUT2D eigenvalue weighted by molar-refractivity contribution is 7.99. The van der Waals surface area contributed by atoms with E-state index in [2.05, 4.69) is 17.1 Å². The van der Waals surface area contributed by atoms with Gasteiger partial charge in [0, 0.05) is 23.7 Å². The van der Waals surface area contributed by atoms with Crippen molar-refractivity contribution < 1.29 is 9.21 Å². The molecule has 0 aliphatic carbocycles. The van der Waals surface area contributed by atoms with Crippen molar-refractivity contribution in [1.29, 1.82) is 0 Å². The average molecular weight is 352 g/mol. The number of benzene rings is 1. The Kier molecular flexibility index (Phi) is 5.23. The lowest BCUT2D eigenvalue weighted by molar-refractivity contribution is -0.130. The van der Waals surface area contributed by atoms with Crippen LogP contribution >= 0.6 is 23.4 Å². The third-order valence-electron chi connectivity index (χ3n) is 3.83. The lowest BCUT2D eigenvalue weighted by atomic mass is 10.0. The molecule has 1 aliphatic rings. The number of amides is 1. The van der Waals surface area contributed by atoms with E-state index in [1.807, 2.05) is 17.0 Å². The summed E-state index contributed by atoms with van der Waals surface area (Å²) in [6.45, 7) is 3.88. The van der Waals surface area contributed by atoms with Crippen LogP contribution in [0.5, 0.6) is 0 Å². The molecule has 1 aromatic carbocycles. The molecule has 122 valence electrons. The van der Waals surface area contributed by atoms with Crippen LogP contribution in [0.2, 0.25) is 5.02 Å². The second-order valence-corrected chi connectivity index (χ2v) is 7.12. The van der Waals surface area contributed by atoms with Gasteiger partial charge in [0.2, 0.25) is 11.8 Å². The van der Waals surface area contributed by atoms with Gasteiger partial charge < -0.3 is 9.32 Å². The molecule has 23 heavy (non-hydrogen) atoms. The van der Waals surface area contributed by atoms with Crippen LogP contribution < -0.4 is 0 Å². The van der Waals surface area contributed by atoms with Gasteiger partial charge in [-0.15, -0.1) is 10.2 Å². The van der Waals surface area contributed by atoms with Crippen molar-refractivity contribution in [3.63, 3.8) is 0 Å². The number of piperidine rings is 1. The second-order valence-electron chi connectivity index (χ2n) is 5.76. The monoisotopic (exact) mass is 351 g/mol. The van der Waals surface area contributed by atoms with Gasteiger partial charge in [0.15, 0.2) is 0 Å². The summed E-state index contributed by atoms with van der Waals surface area (Å²) in [5.74, 6) is 1.48. The average Bonchev–Trinajstić information content (AvgIpc) is 3.02. The Morgan fingerprint density at radius 1 is 1.39 bits per heavy atom. The van der Waals surface area contributed by atoms with E-state index in [4.69, 9.17) is 16.0 Å². The van der Waals surface area contributed by atoms with Crippen molar-refractivity contribution in [2.75, 3.05) is 18.8 Å². The Balaban J connectivity index is 1.56. The smallest absolute Gasteiger partial charge is 0.277 e. The maximum Gasteiger partial charge on any atom is 0.277 e. The van der Waals surface area contributed by atoms with E-state index in [0.717, 1.165) is 25.1 Å². The fraction of sp³-hybridized carbons (Fsp3) is 0.438. The Labute approximate surface area is 144 Å². The Bertz CT molecular complexity index is 674. The first kappa shape index (κ1) is 16.3. The minimum atomic E-state index is 0.132. The molecule has 1 fully saturated rings. The summed E-state index contributed by atoms with van der Waals surface area (Å²) in [6, 6.07) is 7.19. The first-order valence-corrected chi connectivity index (χ1v) is 8.98. The topological polar surface area (TPSA) is 59.2 Å². The van der Waals surface area contributed by atoms with Gasteiger partial charge in [-0.1, -0.05) is 30.3 Å². The highest BCUT2D eigenvalue weighted by Crippen LogP contribution is 2.25. The molecule has 0 saturated carbocycles. The van der Waals surface area contributed by atoms with Crippen molar-refractivity contribution in [2.24, 2.45) is 5.92 Å². The molecule has 0 unspecified atom stereocenters. The number of rotatable bonds is 4. The molecule has 0 spiro atoms. The van der Waals surface area contributed by atoms with Crippen molar-refractivity contribution in [2.45, 2.75) is 25.0 Å². The normalized spacial score (nSPS) is 18.2. The first-order valence-electron chi connectivity index (χ1n) is 7.62. The molecule has 2 heterocycles. The van der Waals surface area contributed by atoms with Crippen LogP contribution in [-0.4, -0.2) is 39.8 Å². The molecule has 1 aromatic heterocycles. The van der Waals surface area contributed by atoms with E-state index >= 15 is 0 Å². The molecule has 0 N–H and O–H groups in total. The number of aromatic nitrogens is 2. The maximum atomic E-state index is 12.2. The van der Waals surface area contributed by atoms with Crippen LogP contribution in [0, 0.1) is 5.92 Å². The van der Waals surface area contributed by atoms with Gasteiger partial charge in [-0.05, 0) is 43.0 Å². The largest absolute Gasteiger partial charge is 0.411 e. The zero-order chi connectivity index (χ0) is 16.2. The Morgan fingerprint density at radius 3 is 2.91 bits per heavy atom. The predicted molar refractivity (Wildman–Crippen MR) is 90.4 cm³/mol. The van der Waals surface area contributed by atoms with Crippen molar-refractivity contribution in [3.05, 3.63) is 29.3 Å². The van der Waals surface area contributed by atoms with Crippen LogP contribution in [0.3, 0.4) is 0 Å². The number of carbonyl (C=O) groups excluding carboxylic acids is 1. The number of hydrogen-bond donors (Lipinski definition) is 0. The van der Waals surface area contributed by atoms with E-state index in [1.165, 1.54) is 18.2 Å². The summed E-state index contributed by atoms with van der Waals surface area (Å²) in [5.41, 5.74) is 0.810. The summed E-state index contributed by atoms with van der Waals surface area (Å²) < 4.78 is 5.60.